The highest BCUT2D eigenvalue weighted by Crippen LogP contribution is 2.28. The average Bonchev–Trinajstić information content (AvgIpc) is 2.08. The van der Waals surface area contributed by atoms with Crippen molar-refractivity contribution in [3.05, 3.63) is 11.4 Å². The quantitative estimate of drug-likeness (QED) is 0.571. The SMILES string of the molecule is C=NC1=C(N=C)C(C)CCC1=O. The first kappa shape index (κ1) is 8.84. The Bertz CT molecular complexity index is 266. The molecule has 1 atom stereocenters. The number of rotatable bonds is 2. The van der Waals surface area contributed by atoms with E-state index in [0.29, 0.717) is 17.8 Å². The molecule has 0 saturated heterocycles. The van der Waals surface area contributed by atoms with Crippen LogP contribution in [0.15, 0.2) is 21.4 Å². The van der Waals surface area contributed by atoms with E-state index in [1.165, 1.54) is 0 Å². The van der Waals surface area contributed by atoms with Crippen LogP contribution in [-0.4, -0.2) is 19.2 Å². The molecule has 1 unspecified atom stereocenters. The topological polar surface area (TPSA) is 41.8 Å². The van der Waals surface area contributed by atoms with Gasteiger partial charge in [-0.25, -0.2) is 0 Å². The molecule has 0 spiro atoms. The molecule has 1 aliphatic carbocycles. The normalized spacial score (nSPS) is 24.1. The Labute approximate surface area is 71.9 Å². The van der Waals surface area contributed by atoms with E-state index in [1.54, 1.807) is 0 Å². The van der Waals surface area contributed by atoms with E-state index in [2.05, 4.69) is 23.4 Å². The molecule has 0 fully saturated rings. The third-order valence-corrected chi connectivity index (χ3v) is 2.11. The molecule has 64 valence electrons. The van der Waals surface area contributed by atoms with E-state index < -0.39 is 0 Å². The fraction of sp³-hybridized carbons (Fsp3) is 0.444. The van der Waals surface area contributed by atoms with E-state index in [0.717, 1.165) is 6.42 Å². The highest BCUT2D eigenvalue weighted by molar-refractivity contribution is 5.97. The fourth-order valence-corrected chi connectivity index (χ4v) is 1.38. The Morgan fingerprint density at radius 1 is 1.42 bits per heavy atom. The number of nitrogens with zero attached hydrogens (tertiary/aromatic N) is 2. The average molecular weight is 164 g/mol. The van der Waals surface area contributed by atoms with Crippen molar-refractivity contribution in [2.24, 2.45) is 15.9 Å². The molecule has 0 aromatic carbocycles. The lowest BCUT2D eigenvalue weighted by Gasteiger charge is -2.18. The Morgan fingerprint density at radius 2 is 2.08 bits per heavy atom. The zero-order chi connectivity index (χ0) is 9.14. The van der Waals surface area contributed by atoms with Gasteiger partial charge in [-0.2, -0.15) is 0 Å². The van der Waals surface area contributed by atoms with E-state index in [4.69, 9.17) is 0 Å². The Hall–Kier alpha value is -1.25. The van der Waals surface area contributed by atoms with Crippen LogP contribution in [-0.2, 0) is 4.79 Å². The highest BCUT2D eigenvalue weighted by Gasteiger charge is 2.24. The summed E-state index contributed by atoms with van der Waals surface area (Å²) in [6, 6.07) is 0. The molecule has 3 nitrogen and oxygen atoms in total. The lowest BCUT2D eigenvalue weighted by atomic mass is 9.91. The molecule has 0 heterocycles. The predicted molar refractivity (Wildman–Crippen MR) is 49.5 cm³/mol. The van der Waals surface area contributed by atoms with Crippen LogP contribution in [0.25, 0.3) is 0 Å². The molecular weight excluding hydrogens is 152 g/mol. The molecule has 1 rings (SSSR count). The van der Waals surface area contributed by atoms with Crippen LogP contribution in [0.4, 0.5) is 0 Å². The van der Waals surface area contributed by atoms with Crippen molar-refractivity contribution in [1.82, 2.24) is 0 Å². The van der Waals surface area contributed by atoms with Crippen molar-refractivity contribution < 1.29 is 4.79 Å². The van der Waals surface area contributed by atoms with Crippen LogP contribution in [0.3, 0.4) is 0 Å². The van der Waals surface area contributed by atoms with Gasteiger partial charge in [0, 0.05) is 12.3 Å². The lowest BCUT2D eigenvalue weighted by Crippen LogP contribution is -2.15. The van der Waals surface area contributed by atoms with E-state index in [1.807, 2.05) is 6.92 Å². The maximum atomic E-state index is 11.3. The number of carbonyl (C=O) groups is 1. The summed E-state index contributed by atoms with van der Waals surface area (Å²) in [5.74, 6) is 0.311. The van der Waals surface area contributed by atoms with Gasteiger partial charge in [-0.1, -0.05) is 6.92 Å². The minimum atomic E-state index is 0.0329. The third kappa shape index (κ3) is 1.35. The number of allylic oxidation sites excluding steroid dienone is 2. The van der Waals surface area contributed by atoms with Gasteiger partial charge in [-0.3, -0.25) is 14.8 Å². The second-order valence-electron chi connectivity index (χ2n) is 2.91. The summed E-state index contributed by atoms with van der Waals surface area (Å²) >= 11 is 0. The Kier molecular flexibility index (Phi) is 2.53. The van der Waals surface area contributed by atoms with Crippen LogP contribution in [0.5, 0.6) is 0 Å². The number of hydrogen-bond donors (Lipinski definition) is 0. The second-order valence-corrected chi connectivity index (χ2v) is 2.91. The number of Topliss-reactive ketones (excluding diaryl/α,β-unsaturated/α-hetero) is 1. The molecule has 0 saturated carbocycles. The zero-order valence-corrected chi connectivity index (χ0v) is 7.21. The summed E-state index contributed by atoms with van der Waals surface area (Å²) in [4.78, 5) is 18.7. The molecule has 0 bridgehead atoms. The second kappa shape index (κ2) is 3.43. The summed E-state index contributed by atoms with van der Waals surface area (Å²) in [6.07, 6.45) is 1.39. The summed E-state index contributed by atoms with van der Waals surface area (Å²) < 4.78 is 0. The molecule has 0 radical (unpaired) electrons. The van der Waals surface area contributed by atoms with Gasteiger partial charge in [0.1, 0.15) is 5.70 Å². The maximum Gasteiger partial charge on any atom is 0.183 e. The van der Waals surface area contributed by atoms with Gasteiger partial charge >= 0.3 is 0 Å². The minimum absolute atomic E-state index is 0.0329. The molecule has 0 amide bonds. The molecule has 12 heavy (non-hydrogen) atoms. The van der Waals surface area contributed by atoms with Crippen LogP contribution < -0.4 is 0 Å². The van der Waals surface area contributed by atoms with Crippen molar-refractivity contribution in [1.29, 1.82) is 0 Å². The molecule has 0 aromatic heterocycles. The molecule has 1 aliphatic rings. The summed E-state index contributed by atoms with van der Waals surface area (Å²) in [6.45, 7) is 8.79. The molecule has 0 aliphatic heterocycles. The molecule has 0 aromatic rings. The van der Waals surface area contributed by atoms with Crippen molar-refractivity contribution in [2.75, 3.05) is 0 Å². The fourth-order valence-electron chi connectivity index (χ4n) is 1.38. The largest absolute Gasteiger partial charge is 0.292 e. The van der Waals surface area contributed by atoms with E-state index >= 15 is 0 Å². The number of hydrogen-bond acceptors (Lipinski definition) is 3. The van der Waals surface area contributed by atoms with Gasteiger partial charge in [-0.15, -0.1) is 0 Å². The van der Waals surface area contributed by atoms with Gasteiger partial charge in [0.15, 0.2) is 5.78 Å². The highest BCUT2D eigenvalue weighted by atomic mass is 16.1. The number of carbonyl (C=O) groups excluding carboxylic acids is 1. The van der Waals surface area contributed by atoms with Gasteiger partial charge in [0.05, 0.1) is 5.70 Å². The van der Waals surface area contributed by atoms with Crippen molar-refractivity contribution >= 4 is 19.2 Å². The van der Waals surface area contributed by atoms with Crippen LogP contribution in [0.2, 0.25) is 0 Å². The number of aliphatic imine (C=N–C) groups is 2. The third-order valence-electron chi connectivity index (χ3n) is 2.11. The van der Waals surface area contributed by atoms with Gasteiger partial charge in [0.2, 0.25) is 0 Å². The first-order valence-electron chi connectivity index (χ1n) is 3.91. The smallest absolute Gasteiger partial charge is 0.183 e. The molecular formula is C9H12N2O. The first-order chi connectivity index (χ1) is 5.70. The lowest BCUT2D eigenvalue weighted by molar-refractivity contribution is -0.116. The van der Waals surface area contributed by atoms with Crippen molar-refractivity contribution in [3.8, 4) is 0 Å². The standard InChI is InChI=1S/C9H12N2O/c1-6-4-5-7(12)9(11-3)8(6)10-2/h6H,2-5H2,1H3. The summed E-state index contributed by atoms with van der Waals surface area (Å²) in [7, 11) is 0. The number of ketones is 1. The Morgan fingerprint density at radius 3 is 2.50 bits per heavy atom. The van der Waals surface area contributed by atoms with Crippen molar-refractivity contribution in [3.63, 3.8) is 0 Å². The monoisotopic (exact) mass is 164 g/mol. The van der Waals surface area contributed by atoms with Gasteiger partial charge in [0.25, 0.3) is 0 Å². The van der Waals surface area contributed by atoms with E-state index in [9.17, 15) is 4.79 Å². The molecule has 3 heteroatoms. The van der Waals surface area contributed by atoms with Crippen LogP contribution >= 0.6 is 0 Å². The molecule has 0 N–H and O–H groups in total. The van der Waals surface area contributed by atoms with Gasteiger partial charge in [-0.05, 0) is 19.9 Å². The zero-order valence-electron chi connectivity index (χ0n) is 7.21. The van der Waals surface area contributed by atoms with Crippen LogP contribution in [0.1, 0.15) is 19.8 Å². The summed E-state index contributed by atoms with van der Waals surface area (Å²) in [5, 5.41) is 0. The van der Waals surface area contributed by atoms with Crippen LogP contribution in [0, 0.1) is 5.92 Å². The van der Waals surface area contributed by atoms with Crippen molar-refractivity contribution in [2.45, 2.75) is 19.8 Å². The minimum Gasteiger partial charge on any atom is -0.292 e. The first-order valence-corrected chi connectivity index (χ1v) is 3.91. The Balaban J connectivity index is 3.14. The summed E-state index contributed by atoms with van der Waals surface area (Å²) in [5.41, 5.74) is 1.10. The maximum absolute atomic E-state index is 11.3. The van der Waals surface area contributed by atoms with E-state index in [-0.39, 0.29) is 11.7 Å². The predicted octanol–water partition coefficient (Wildman–Crippen LogP) is 1.60. The van der Waals surface area contributed by atoms with Gasteiger partial charge < -0.3 is 0 Å².